The molecule has 0 saturated heterocycles. The Morgan fingerprint density at radius 2 is 2.16 bits per heavy atom. The molecule has 1 unspecified atom stereocenters. The Kier molecular flexibility index (Phi) is 4.84. The van der Waals surface area contributed by atoms with E-state index in [1.165, 1.54) is 28.8 Å². The van der Waals surface area contributed by atoms with Crippen LogP contribution in [0.4, 0.5) is 0 Å². The third-order valence-electron chi connectivity index (χ3n) is 4.17. The fourth-order valence-corrected chi connectivity index (χ4v) is 3.83. The van der Waals surface area contributed by atoms with Gasteiger partial charge in [0.1, 0.15) is 0 Å². The molecule has 1 amide bonds. The Hall–Kier alpha value is -2.68. The summed E-state index contributed by atoms with van der Waals surface area (Å²) in [5.74, 6) is -0.723. The fraction of sp³-hybridized carbons (Fsp3) is 0.375. The van der Waals surface area contributed by atoms with E-state index in [9.17, 15) is 19.2 Å². The first-order valence-electron chi connectivity index (χ1n) is 7.74. The first-order valence-corrected chi connectivity index (χ1v) is 8.62. The number of thiophene rings is 1. The van der Waals surface area contributed by atoms with E-state index in [1.54, 1.807) is 11.3 Å². The molecule has 2 aromatic heterocycles. The number of carbonyl (C=O) groups is 2. The molecule has 0 spiro atoms. The number of fused-ring (bicyclic) bond motifs is 1. The summed E-state index contributed by atoms with van der Waals surface area (Å²) >= 11 is 1.56. The molecule has 1 atom stereocenters. The number of amides is 1. The normalized spacial score (nSPS) is 16.4. The summed E-state index contributed by atoms with van der Waals surface area (Å²) in [4.78, 5) is 52.3. The van der Waals surface area contributed by atoms with Gasteiger partial charge in [-0.2, -0.15) is 0 Å². The number of aromatic nitrogens is 2. The molecule has 9 heteroatoms. The lowest BCUT2D eigenvalue weighted by Crippen LogP contribution is -2.44. The van der Waals surface area contributed by atoms with Crippen molar-refractivity contribution in [2.45, 2.75) is 25.4 Å². The number of methoxy groups -OCH3 is 1. The number of nitrogens with one attached hydrogen (secondary N) is 1. The van der Waals surface area contributed by atoms with Gasteiger partial charge in [0.25, 0.3) is 5.56 Å². The zero-order chi connectivity index (χ0) is 18.0. The Balaban J connectivity index is 1.77. The van der Waals surface area contributed by atoms with Gasteiger partial charge in [0, 0.05) is 36.7 Å². The summed E-state index contributed by atoms with van der Waals surface area (Å²) in [6.07, 6.45) is 2.07. The first kappa shape index (κ1) is 17.2. The summed E-state index contributed by atoms with van der Waals surface area (Å²) in [7, 11) is 1.30. The number of aryl methyl sites for hydroxylation is 1. The Bertz CT molecular complexity index is 913. The summed E-state index contributed by atoms with van der Waals surface area (Å²) in [6.45, 7) is 0.544. The predicted octanol–water partition coefficient (Wildman–Crippen LogP) is 0.287. The van der Waals surface area contributed by atoms with Crippen LogP contribution < -0.4 is 11.2 Å². The highest BCUT2D eigenvalue weighted by molar-refractivity contribution is 7.10. The average Bonchev–Trinajstić information content (AvgIpc) is 3.07. The minimum atomic E-state index is -0.750. The van der Waals surface area contributed by atoms with Gasteiger partial charge in [0.2, 0.25) is 5.91 Å². The smallest absolute Gasteiger partial charge is 0.333 e. The van der Waals surface area contributed by atoms with Crippen LogP contribution in [0, 0.1) is 0 Å². The van der Waals surface area contributed by atoms with Crippen LogP contribution in [0.2, 0.25) is 0 Å². The highest BCUT2D eigenvalue weighted by Gasteiger charge is 2.37. The van der Waals surface area contributed by atoms with E-state index in [-0.39, 0.29) is 18.9 Å². The van der Waals surface area contributed by atoms with Gasteiger partial charge in [-0.3, -0.25) is 14.6 Å². The van der Waals surface area contributed by atoms with Gasteiger partial charge in [-0.25, -0.2) is 9.59 Å². The van der Waals surface area contributed by atoms with Crippen LogP contribution in [-0.2, 0) is 27.3 Å². The second kappa shape index (κ2) is 7.06. The molecule has 0 bridgehead atoms. The lowest BCUT2D eigenvalue weighted by Gasteiger charge is -2.34. The van der Waals surface area contributed by atoms with E-state index in [1.807, 2.05) is 11.4 Å². The molecule has 0 radical (unpaired) electrons. The largest absolute Gasteiger partial charge is 0.467 e. The van der Waals surface area contributed by atoms with Crippen LogP contribution in [0.3, 0.4) is 0 Å². The van der Waals surface area contributed by atoms with Gasteiger partial charge in [-0.15, -0.1) is 11.3 Å². The Labute approximate surface area is 146 Å². The molecular formula is C16H17N3O5S. The summed E-state index contributed by atoms with van der Waals surface area (Å²) in [6, 6.07) is 2.31. The number of carbonyl (C=O) groups excluding carboxylic acids is 2. The average molecular weight is 363 g/mol. The van der Waals surface area contributed by atoms with Crippen LogP contribution in [0.25, 0.3) is 0 Å². The predicted molar refractivity (Wildman–Crippen MR) is 90.4 cm³/mol. The van der Waals surface area contributed by atoms with Crippen molar-refractivity contribution < 1.29 is 14.3 Å². The van der Waals surface area contributed by atoms with Crippen molar-refractivity contribution in [1.29, 1.82) is 0 Å². The van der Waals surface area contributed by atoms with Crippen molar-refractivity contribution in [2.24, 2.45) is 0 Å². The lowest BCUT2D eigenvalue weighted by molar-refractivity contribution is -0.154. The minimum absolute atomic E-state index is 0.0406. The van der Waals surface area contributed by atoms with E-state index in [4.69, 9.17) is 4.74 Å². The number of rotatable bonds is 4. The maximum Gasteiger partial charge on any atom is 0.333 e. The standard InChI is InChI=1S/C16H17N3O5S/c1-24-15(22)14-10-5-9-25-11(10)2-8-19(14)13(21)4-7-18-6-3-12(20)17-16(18)23/h3,5-6,9,14H,2,4,7-8H2,1H3,(H,17,20,23). The highest BCUT2D eigenvalue weighted by Crippen LogP contribution is 2.34. The topological polar surface area (TPSA) is 101 Å². The Morgan fingerprint density at radius 3 is 2.88 bits per heavy atom. The van der Waals surface area contributed by atoms with Gasteiger partial charge in [-0.05, 0) is 23.4 Å². The quantitative estimate of drug-likeness (QED) is 0.787. The summed E-state index contributed by atoms with van der Waals surface area (Å²) in [5.41, 5.74) is -0.249. The molecule has 0 fully saturated rings. The van der Waals surface area contributed by atoms with Crippen molar-refractivity contribution in [2.75, 3.05) is 13.7 Å². The van der Waals surface area contributed by atoms with Crippen molar-refractivity contribution in [3.8, 4) is 0 Å². The molecule has 1 aliphatic rings. The third-order valence-corrected chi connectivity index (χ3v) is 5.17. The van der Waals surface area contributed by atoms with E-state index < -0.39 is 23.3 Å². The molecule has 3 heterocycles. The zero-order valence-corrected chi connectivity index (χ0v) is 14.4. The molecule has 3 rings (SSSR count). The Morgan fingerprint density at radius 1 is 1.36 bits per heavy atom. The van der Waals surface area contributed by atoms with Gasteiger partial charge < -0.3 is 14.2 Å². The van der Waals surface area contributed by atoms with Gasteiger partial charge in [-0.1, -0.05) is 0 Å². The fourth-order valence-electron chi connectivity index (χ4n) is 2.93. The van der Waals surface area contributed by atoms with Gasteiger partial charge >= 0.3 is 11.7 Å². The maximum absolute atomic E-state index is 12.6. The second-order valence-corrected chi connectivity index (χ2v) is 6.62. The molecular weight excluding hydrogens is 346 g/mol. The van der Waals surface area contributed by atoms with Crippen molar-refractivity contribution in [3.63, 3.8) is 0 Å². The van der Waals surface area contributed by atoms with Crippen molar-refractivity contribution >= 4 is 23.2 Å². The number of H-pyrrole nitrogens is 1. The molecule has 0 saturated carbocycles. The number of hydrogen-bond donors (Lipinski definition) is 1. The molecule has 1 N–H and O–H groups in total. The minimum Gasteiger partial charge on any atom is -0.467 e. The van der Waals surface area contributed by atoms with E-state index in [0.717, 1.165) is 10.4 Å². The summed E-state index contributed by atoms with van der Waals surface area (Å²) < 4.78 is 6.12. The molecule has 8 nitrogen and oxygen atoms in total. The van der Waals surface area contributed by atoms with E-state index >= 15 is 0 Å². The summed E-state index contributed by atoms with van der Waals surface area (Å²) in [5, 5.41) is 1.90. The number of aromatic amines is 1. The molecule has 0 aliphatic carbocycles. The molecule has 132 valence electrons. The lowest BCUT2D eigenvalue weighted by atomic mass is 9.99. The molecule has 2 aromatic rings. The number of ether oxygens (including phenoxy) is 1. The van der Waals surface area contributed by atoms with Crippen molar-refractivity contribution in [3.05, 3.63) is 55.0 Å². The maximum atomic E-state index is 12.6. The van der Waals surface area contributed by atoms with Gasteiger partial charge in [0.15, 0.2) is 6.04 Å². The number of hydrogen-bond acceptors (Lipinski definition) is 6. The first-order chi connectivity index (χ1) is 12.0. The van der Waals surface area contributed by atoms with Crippen molar-refractivity contribution in [1.82, 2.24) is 14.5 Å². The van der Waals surface area contributed by atoms with Crippen LogP contribution in [0.1, 0.15) is 22.9 Å². The second-order valence-electron chi connectivity index (χ2n) is 5.62. The molecule has 25 heavy (non-hydrogen) atoms. The van der Waals surface area contributed by atoms with Gasteiger partial charge in [0.05, 0.1) is 7.11 Å². The third kappa shape index (κ3) is 3.41. The van der Waals surface area contributed by atoms with E-state index in [0.29, 0.717) is 13.0 Å². The van der Waals surface area contributed by atoms with E-state index in [2.05, 4.69) is 4.98 Å². The molecule has 1 aliphatic heterocycles. The monoisotopic (exact) mass is 363 g/mol. The molecule has 0 aromatic carbocycles. The zero-order valence-electron chi connectivity index (χ0n) is 13.6. The highest BCUT2D eigenvalue weighted by atomic mass is 32.1. The number of nitrogens with zero attached hydrogens (tertiary/aromatic N) is 2. The van der Waals surface area contributed by atoms with Crippen LogP contribution in [0.15, 0.2) is 33.3 Å². The SMILES string of the molecule is COC(=O)C1c2ccsc2CCN1C(=O)CCn1ccc(=O)[nH]c1=O. The van der Waals surface area contributed by atoms with Crippen LogP contribution >= 0.6 is 11.3 Å². The number of esters is 1. The van der Waals surface area contributed by atoms with Crippen LogP contribution in [0.5, 0.6) is 0 Å². The van der Waals surface area contributed by atoms with Crippen LogP contribution in [-0.4, -0.2) is 40.0 Å².